The zero-order chi connectivity index (χ0) is 18.4. The van der Waals surface area contributed by atoms with Crippen molar-refractivity contribution in [3.8, 4) is 0 Å². The largest absolute Gasteiger partial charge is 0.381 e. The number of ketones is 1. The molecule has 7 nitrogen and oxygen atoms in total. The predicted molar refractivity (Wildman–Crippen MR) is 95.1 cm³/mol. The van der Waals surface area contributed by atoms with Gasteiger partial charge in [-0.1, -0.05) is 0 Å². The molecule has 134 valence electrons. The third-order valence-electron chi connectivity index (χ3n) is 4.40. The van der Waals surface area contributed by atoms with Crippen LogP contribution in [0.1, 0.15) is 41.3 Å². The lowest BCUT2D eigenvalue weighted by atomic mass is 9.99. The van der Waals surface area contributed by atoms with Crippen molar-refractivity contribution in [2.45, 2.75) is 44.2 Å². The van der Waals surface area contributed by atoms with Gasteiger partial charge >= 0.3 is 0 Å². The second-order valence-corrected chi connectivity index (χ2v) is 8.35. The maximum absolute atomic E-state index is 12.8. The van der Waals surface area contributed by atoms with Crippen LogP contribution in [0.4, 0.5) is 5.69 Å². The highest BCUT2D eigenvalue weighted by Gasteiger charge is 2.28. The average Bonchev–Trinajstić information content (AvgIpc) is 3.28. The van der Waals surface area contributed by atoms with E-state index in [4.69, 9.17) is 0 Å². The summed E-state index contributed by atoms with van der Waals surface area (Å²) >= 11 is 0. The van der Waals surface area contributed by atoms with Gasteiger partial charge in [-0.15, -0.1) is 0 Å². The summed E-state index contributed by atoms with van der Waals surface area (Å²) in [5.41, 5.74) is 1.01. The van der Waals surface area contributed by atoms with Crippen molar-refractivity contribution in [1.29, 1.82) is 0 Å². The number of hydrogen-bond donors (Lipinski definition) is 2. The van der Waals surface area contributed by atoms with Crippen molar-refractivity contribution in [3.05, 3.63) is 45.4 Å². The second kappa shape index (κ2) is 6.18. The Labute approximate surface area is 146 Å². The minimum absolute atomic E-state index is 0.0504. The van der Waals surface area contributed by atoms with Gasteiger partial charge in [0.25, 0.3) is 5.56 Å². The van der Waals surface area contributed by atoms with E-state index in [1.807, 2.05) is 0 Å². The lowest BCUT2D eigenvalue weighted by Crippen LogP contribution is -2.22. The molecule has 1 aliphatic carbocycles. The third kappa shape index (κ3) is 3.26. The number of hydrogen-bond acceptors (Lipinski definition) is 5. The zero-order valence-electron chi connectivity index (χ0n) is 14.4. The first kappa shape index (κ1) is 17.5. The summed E-state index contributed by atoms with van der Waals surface area (Å²) in [7, 11) is -3.43. The minimum atomic E-state index is -3.43. The molecule has 0 unspecified atom stereocenters. The molecule has 25 heavy (non-hydrogen) atoms. The van der Waals surface area contributed by atoms with E-state index in [0.717, 1.165) is 19.1 Å². The molecule has 1 fully saturated rings. The Bertz CT molecular complexity index is 997. The van der Waals surface area contributed by atoms with Crippen LogP contribution < -0.4 is 10.9 Å². The van der Waals surface area contributed by atoms with Crippen LogP contribution >= 0.6 is 0 Å². The maximum Gasteiger partial charge on any atom is 0.277 e. The number of sulfone groups is 1. The molecule has 1 saturated carbocycles. The Balaban J connectivity index is 2.11. The Hall–Kier alpha value is -2.35. The quantitative estimate of drug-likeness (QED) is 0.761. The highest BCUT2D eigenvalue weighted by Crippen LogP contribution is 2.33. The average molecular weight is 363 g/mol. The van der Waals surface area contributed by atoms with E-state index in [0.29, 0.717) is 23.4 Å². The molecule has 2 N–H and O–H groups in total. The molecule has 0 bridgehead atoms. The first-order valence-electron chi connectivity index (χ1n) is 8.17. The van der Waals surface area contributed by atoms with E-state index in [2.05, 4.69) is 10.4 Å². The number of carbonyl (C=O) groups excluding carboxylic acids is 1. The lowest BCUT2D eigenvalue weighted by molar-refractivity contribution is 0.103. The number of nitrogens with zero attached hydrogens (tertiary/aromatic N) is 1. The van der Waals surface area contributed by atoms with Crippen molar-refractivity contribution < 1.29 is 13.2 Å². The van der Waals surface area contributed by atoms with Crippen molar-refractivity contribution in [3.63, 3.8) is 0 Å². The molecule has 8 heteroatoms. The van der Waals surface area contributed by atoms with Crippen LogP contribution in [0.25, 0.3) is 0 Å². The second-order valence-electron chi connectivity index (χ2n) is 6.37. The summed E-state index contributed by atoms with van der Waals surface area (Å²) < 4.78 is 25.5. The number of nitrogens with one attached hydrogen (secondary N) is 2. The van der Waals surface area contributed by atoms with Crippen LogP contribution in [-0.4, -0.2) is 36.3 Å². The molecule has 0 spiro atoms. The Kier molecular flexibility index (Phi) is 4.32. The van der Waals surface area contributed by atoms with E-state index in [1.165, 1.54) is 23.0 Å². The predicted octanol–water partition coefficient (Wildman–Crippen LogP) is 1.71. The number of aryl methyl sites for hydroxylation is 1. The standard InChI is InChI=1S/C17H21N3O4S/c1-4-20-17(22)13(9-18-20)16(21)12-7-8-14(25(3,23)24)15(10(12)2)19-11-5-6-11/h7-9,11,18-19H,4-6H2,1-3H3. The number of benzene rings is 1. The number of carbonyl (C=O) groups is 1. The molecule has 0 atom stereocenters. The van der Waals surface area contributed by atoms with Crippen LogP contribution in [0, 0.1) is 6.92 Å². The van der Waals surface area contributed by atoms with Crippen molar-refractivity contribution in [1.82, 2.24) is 9.78 Å². The van der Waals surface area contributed by atoms with Gasteiger partial charge in [-0.3, -0.25) is 14.3 Å². The monoisotopic (exact) mass is 363 g/mol. The SMILES string of the molecule is CCn1[nH]cc(C(=O)c2ccc(S(C)(=O)=O)c(NC3CC3)c2C)c1=O. The van der Waals surface area contributed by atoms with Gasteiger partial charge in [0, 0.05) is 30.6 Å². The number of anilines is 1. The normalized spacial score (nSPS) is 14.5. The Morgan fingerprint density at radius 2 is 2.00 bits per heavy atom. The number of H-pyrrole nitrogens is 1. The molecule has 1 heterocycles. The van der Waals surface area contributed by atoms with E-state index >= 15 is 0 Å². The smallest absolute Gasteiger partial charge is 0.277 e. The molecule has 2 aromatic rings. The van der Waals surface area contributed by atoms with Crippen LogP contribution in [0.15, 0.2) is 28.0 Å². The van der Waals surface area contributed by atoms with Gasteiger partial charge in [0.2, 0.25) is 5.78 Å². The van der Waals surface area contributed by atoms with Crippen LogP contribution in [0.5, 0.6) is 0 Å². The Morgan fingerprint density at radius 1 is 1.32 bits per heavy atom. The van der Waals surface area contributed by atoms with Gasteiger partial charge in [-0.05, 0) is 44.4 Å². The van der Waals surface area contributed by atoms with Crippen molar-refractivity contribution in [2.75, 3.05) is 11.6 Å². The molecule has 0 amide bonds. The van der Waals surface area contributed by atoms with Gasteiger partial charge in [-0.25, -0.2) is 8.42 Å². The molecule has 1 aromatic heterocycles. The van der Waals surface area contributed by atoms with Crippen LogP contribution in [0.3, 0.4) is 0 Å². The van der Waals surface area contributed by atoms with Gasteiger partial charge in [0.05, 0.1) is 10.6 Å². The molecule has 1 aliphatic rings. The first-order valence-corrected chi connectivity index (χ1v) is 10.1. The van der Waals surface area contributed by atoms with Crippen molar-refractivity contribution >= 4 is 21.3 Å². The molecule has 0 radical (unpaired) electrons. The molecular formula is C17H21N3O4S. The fraction of sp³-hybridized carbons (Fsp3) is 0.412. The minimum Gasteiger partial charge on any atom is -0.381 e. The van der Waals surface area contributed by atoms with Crippen molar-refractivity contribution in [2.24, 2.45) is 0 Å². The zero-order valence-corrected chi connectivity index (χ0v) is 15.2. The summed E-state index contributed by atoms with van der Waals surface area (Å²) in [6, 6.07) is 3.15. The molecular weight excluding hydrogens is 342 g/mol. The van der Waals surface area contributed by atoms with Gasteiger partial charge in [0.1, 0.15) is 5.56 Å². The van der Waals surface area contributed by atoms with E-state index in [1.54, 1.807) is 13.8 Å². The summed E-state index contributed by atoms with van der Waals surface area (Å²) in [4.78, 5) is 25.2. The topological polar surface area (TPSA) is 101 Å². The van der Waals surface area contributed by atoms with E-state index < -0.39 is 15.6 Å². The molecule has 3 rings (SSSR count). The molecule has 0 saturated heterocycles. The molecule has 1 aromatic carbocycles. The third-order valence-corrected chi connectivity index (χ3v) is 5.54. The Morgan fingerprint density at radius 3 is 2.52 bits per heavy atom. The van der Waals surface area contributed by atoms with Gasteiger partial charge < -0.3 is 10.4 Å². The van der Waals surface area contributed by atoms with Crippen LogP contribution in [0.2, 0.25) is 0 Å². The number of aromatic amines is 1. The van der Waals surface area contributed by atoms with Gasteiger partial charge in [-0.2, -0.15) is 0 Å². The highest BCUT2D eigenvalue weighted by molar-refractivity contribution is 7.90. The number of aromatic nitrogens is 2. The number of rotatable bonds is 6. The van der Waals surface area contributed by atoms with E-state index in [9.17, 15) is 18.0 Å². The van der Waals surface area contributed by atoms with Gasteiger partial charge in [0.15, 0.2) is 9.84 Å². The summed E-state index contributed by atoms with van der Waals surface area (Å²) in [5.74, 6) is -0.412. The van der Waals surface area contributed by atoms with E-state index in [-0.39, 0.29) is 22.1 Å². The summed E-state index contributed by atoms with van der Waals surface area (Å²) in [6.45, 7) is 3.94. The van der Waals surface area contributed by atoms with Crippen LogP contribution in [-0.2, 0) is 16.4 Å². The highest BCUT2D eigenvalue weighted by atomic mass is 32.2. The summed E-state index contributed by atoms with van der Waals surface area (Å²) in [5, 5.41) is 5.97. The fourth-order valence-corrected chi connectivity index (χ4v) is 3.70. The maximum atomic E-state index is 12.8. The first-order chi connectivity index (χ1) is 11.7. The summed E-state index contributed by atoms with van der Waals surface area (Å²) in [6.07, 6.45) is 4.49. The molecule has 0 aliphatic heterocycles. The lowest BCUT2D eigenvalue weighted by Gasteiger charge is -2.16. The fourth-order valence-electron chi connectivity index (χ4n) is 2.80.